The van der Waals surface area contributed by atoms with Crippen LogP contribution < -0.4 is 0 Å². The zero-order valence-corrected chi connectivity index (χ0v) is 32.0. The van der Waals surface area contributed by atoms with Crippen molar-refractivity contribution in [3.05, 3.63) is 0 Å². The molecular weight excluding hydrogens is 541 g/mol. The fourth-order valence-corrected chi connectivity index (χ4v) is 7.34. The Kier molecular flexibility index (Phi) is 42.1. The van der Waals surface area contributed by atoms with E-state index >= 15 is 0 Å². The van der Waals surface area contributed by atoms with Gasteiger partial charge in [-0.25, -0.2) is 0 Å². The first-order chi connectivity index (χ1) is 21.7. The lowest BCUT2D eigenvalue weighted by Crippen LogP contribution is -2.46. The highest BCUT2D eigenvalue weighted by molar-refractivity contribution is 5.75. The predicted octanol–water partition coefficient (Wildman–Crippen LogP) is 14.1. The van der Waals surface area contributed by atoms with Crippen LogP contribution in [0.15, 0.2) is 0 Å². The van der Waals surface area contributed by atoms with E-state index in [4.69, 9.17) is 0 Å². The first kappa shape index (κ1) is 47.1. The fourth-order valence-electron chi connectivity index (χ4n) is 7.34. The molecule has 0 spiro atoms. The molecule has 1 nitrogen and oxygen atoms in total. The monoisotopic (exact) mass is 636 g/mol. The molecule has 0 atom stereocenters. The van der Waals surface area contributed by atoms with Gasteiger partial charge in [0.05, 0.1) is 26.7 Å². The third-order valence-corrected chi connectivity index (χ3v) is 10.7. The van der Waals surface area contributed by atoms with Gasteiger partial charge in [-0.1, -0.05) is 222 Å². The molecule has 0 aromatic carbocycles. The number of quaternary nitrogens is 1. The second-order valence-electron chi connectivity index (χ2n) is 15.5. The molecule has 0 saturated carbocycles. The Bertz CT molecular complexity index is 437. The minimum Gasteiger partial charge on any atom is -0.326 e. The number of nitrogens with zero attached hydrogens (tertiary/aromatic N) is 1. The molecule has 0 N–H and O–H groups in total. The van der Waals surface area contributed by atoms with Crippen LogP contribution in [0.1, 0.15) is 252 Å². The van der Waals surface area contributed by atoms with E-state index in [1.807, 2.05) is 0 Å². The van der Waals surface area contributed by atoms with E-state index < -0.39 is 0 Å². The van der Waals surface area contributed by atoms with E-state index in [0.717, 1.165) is 0 Å². The minimum absolute atomic E-state index is 0. The van der Waals surface area contributed by atoms with Gasteiger partial charge < -0.3 is 4.48 Å². The second-order valence-corrected chi connectivity index (χ2v) is 15.5. The van der Waals surface area contributed by atoms with Crippen LogP contribution in [0.5, 0.6) is 0 Å². The van der Waals surface area contributed by atoms with Crippen molar-refractivity contribution in [1.82, 2.24) is 0 Å². The topological polar surface area (TPSA) is 0 Å². The Labute approximate surface area is 290 Å². The van der Waals surface area contributed by atoms with Gasteiger partial charge in [0.2, 0.25) is 0 Å². The average molecular weight is 636 g/mol. The van der Waals surface area contributed by atoms with Crippen molar-refractivity contribution in [2.45, 2.75) is 252 Å². The third-order valence-electron chi connectivity index (χ3n) is 10.7. The van der Waals surface area contributed by atoms with Crippen LogP contribution in [0.3, 0.4) is 0 Å². The van der Waals surface area contributed by atoms with E-state index in [1.165, 1.54) is 255 Å². The molecule has 0 bridgehead atoms. The Morgan fingerprint density at radius 1 is 0.222 bits per heavy atom. The van der Waals surface area contributed by atoms with Crippen molar-refractivity contribution >= 4 is 8.41 Å². The Morgan fingerprint density at radius 2 is 0.356 bits per heavy atom. The first-order valence-electron chi connectivity index (χ1n) is 21.5. The van der Waals surface area contributed by atoms with Gasteiger partial charge in [0.15, 0.2) is 0 Å². The molecule has 0 fully saturated rings. The fraction of sp³-hybridized carbons (Fsp3) is 1.00. The molecule has 0 amide bonds. The minimum atomic E-state index is 0. The van der Waals surface area contributed by atoms with Crippen LogP contribution >= 0.6 is 0 Å². The van der Waals surface area contributed by atoms with Gasteiger partial charge in [-0.3, -0.25) is 0 Å². The van der Waals surface area contributed by atoms with Crippen LogP contribution in [0.4, 0.5) is 0 Å². The number of unbranched alkanes of at least 4 members (excludes halogenated alkanes) is 33. The second kappa shape index (κ2) is 40.2. The molecule has 0 aliphatic heterocycles. The standard InChI is InChI=1S/C43H90N.BH4/c1-5-8-11-14-17-20-23-26-29-32-35-38-41-44(4,42-39-36-33-30-27-24-21-18-15-12-9-6-2)43-40-37-34-31-28-25-22-19-16-13-10-7-3;/h5-43H2,1-4H3;1H4/q+1;-1. The number of hydrogen-bond donors (Lipinski definition) is 0. The summed E-state index contributed by atoms with van der Waals surface area (Å²) in [5.74, 6) is 0. The summed E-state index contributed by atoms with van der Waals surface area (Å²) in [4.78, 5) is 0. The normalized spacial score (nSPS) is 11.7. The van der Waals surface area contributed by atoms with E-state index in [0.29, 0.717) is 0 Å². The number of hydrogen-bond acceptors (Lipinski definition) is 0. The molecule has 0 radical (unpaired) electrons. The van der Waals surface area contributed by atoms with Crippen LogP contribution in [0.25, 0.3) is 0 Å². The Hall–Kier alpha value is 0.0249. The molecule has 0 heterocycles. The zero-order chi connectivity index (χ0) is 32.1. The Balaban J connectivity index is 0. The molecule has 0 aliphatic carbocycles. The Morgan fingerprint density at radius 3 is 0.511 bits per heavy atom. The van der Waals surface area contributed by atoms with Gasteiger partial charge in [0, 0.05) is 0 Å². The summed E-state index contributed by atoms with van der Waals surface area (Å²) >= 11 is 0. The van der Waals surface area contributed by atoms with Gasteiger partial charge in [-0.15, -0.1) is 0 Å². The van der Waals surface area contributed by atoms with Crippen LogP contribution in [-0.2, 0) is 0 Å². The van der Waals surface area contributed by atoms with Crippen molar-refractivity contribution in [2.24, 2.45) is 0 Å². The average Bonchev–Trinajstić information content (AvgIpc) is 3.02. The highest BCUT2D eigenvalue weighted by Gasteiger charge is 2.20. The predicted molar refractivity (Wildman–Crippen MR) is 215 cm³/mol. The van der Waals surface area contributed by atoms with E-state index in [2.05, 4.69) is 27.8 Å². The smallest absolute Gasteiger partial charge is 0.0784 e. The van der Waals surface area contributed by atoms with Gasteiger partial charge in [0.1, 0.15) is 0 Å². The lowest BCUT2D eigenvalue weighted by molar-refractivity contribution is -0.910. The van der Waals surface area contributed by atoms with Crippen molar-refractivity contribution in [3.8, 4) is 0 Å². The summed E-state index contributed by atoms with van der Waals surface area (Å²) in [6.07, 6.45) is 52.7. The summed E-state index contributed by atoms with van der Waals surface area (Å²) in [6.45, 7) is 11.3. The first-order valence-corrected chi connectivity index (χ1v) is 21.5. The van der Waals surface area contributed by atoms with E-state index in [-0.39, 0.29) is 8.41 Å². The van der Waals surface area contributed by atoms with Crippen LogP contribution in [0, 0.1) is 0 Å². The summed E-state index contributed by atoms with van der Waals surface area (Å²) in [5, 5.41) is 0. The van der Waals surface area contributed by atoms with Crippen molar-refractivity contribution in [2.75, 3.05) is 26.7 Å². The molecule has 0 saturated heterocycles. The molecule has 0 rings (SSSR count). The molecular formula is C43H94BN. The van der Waals surface area contributed by atoms with Crippen molar-refractivity contribution < 1.29 is 4.48 Å². The van der Waals surface area contributed by atoms with Crippen molar-refractivity contribution in [3.63, 3.8) is 0 Å². The molecule has 274 valence electrons. The van der Waals surface area contributed by atoms with E-state index in [9.17, 15) is 0 Å². The van der Waals surface area contributed by atoms with E-state index in [1.54, 1.807) is 0 Å². The van der Waals surface area contributed by atoms with Crippen LogP contribution in [-0.4, -0.2) is 39.6 Å². The number of rotatable bonds is 39. The maximum absolute atomic E-state index is 2.62. The summed E-state index contributed by atoms with van der Waals surface area (Å²) in [5.41, 5.74) is 0. The lowest BCUT2D eigenvalue weighted by atomic mass is 10.0. The zero-order valence-electron chi connectivity index (χ0n) is 32.0. The molecule has 0 unspecified atom stereocenters. The maximum atomic E-state index is 2.62. The van der Waals surface area contributed by atoms with Crippen molar-refractivity contribution in [1.29, 1.82) is 0 Å². The maximum Gasteiger partial charge on any atom is 0.0784 e. The SMILES string of the molecule is CCCCCCCCCCCCCC[N+](C)(CCCCCCCCCCCCCC)CCCCCCCCCCCCCC.[BH4-]. The van der Waals surface area contributed by atoms with Gasteiger partial charge >= 0.3 is 0 Å². The molecule has 0 aliphatic rings. The summed E-state index contributed by atoms with van der Waals surface area (Å²) in [7, 11) is 2.62. The van der Waals surface area contributed by atoms with Gasteiger partial charge in [-0.05, 0) is 38.5 Å². The van der Waals surface area contributed by atoms with Gasteiger partial charge in [-0.2, -0.15) is 0 Å². The highest BCUT2D eigenvalue weighted by atomic mass is 15.3. The molecule has 45 heavy (non-hydrogen) atoms. The van der Waals surface area contributed by atoms with Gasteiger partial charge in [0.25, 0.3) is 0 Å². The quantitative estimate of drug-likeness (QED) is 0.0358. The summed E-state index contributed by atoms with van der Waals surface area (Å²) < 4.78 is 1.37. The largest absolute Gasteiger partial charge is 0.326 e. The molecule has 2 heteroatoms. The highest BCUT2D eigenvalue weighted by Crippen LogP contribution is 2.18. The molecule has 0 aromatic heterocycles. The van der Waals surface area contributed by atoms with Crippen LogP contribution in [0.2, 0.25) is 0 Å². The summed E-state index contributed by atoms with van der Waals surface area (Å²) in [6, 6.07) is 0. The lowest BCUT2D eigenvalue weighted by Gasteiger charge is -2.35. The molecule has 0 aromatic rings. The third kappa shape index (κ3) is 38.4.